The summed E-state index contributed by atoms with van der Waals surface area (Å²) in [5.74, 6) is -1.09. The Kier molecular flexibility index (Phi) is 4.10. The van der Waals surface area contributed by atoms with Crippen LogP contribution in [-0.2, 0) is 6.42 Å². The molecular weight excluding hydrogens is 272 g/mol. The molecule has 110 valence electrons. The number of anilines is 1. The first-order valence-corrected chi connectivity index (χ1v) is 7.05. The van der Waals surface area contributed by atoms with Crippen molar-refractivity contribution in [2.24, 2.45) is 0 Å². The molecule has 0 spiro atoms. The SMILES string of the molecule is Fc1cc(F)cc(Cc2cncc(N3CCNCC3)c2)c1. The molecule has 2 heterocycles. The van der Waals surface area contributed by atoms with Gasteiger partial charge in [0.15, 0.2) is 0 Å². The van der Waals surface area contributed by atoms with E-state index in [2.05, 4.69) is 15.2 Å². The number of piperazine rings is 1. The predicted molar refractivity (Wildman–Crippen MR) is 78.5 cm³/mol. The van der Waals surface area contributed by atoms with Crippen molar-refractivity contribution in [2.45, 2.75) is 6.42 Å². The summed E-state index contributed by atoms with van der Waals surface area (Å²) in [7, 11) is 0. The molecule has 1 aromatic heterocycles. The quantitative estimate of drug-likeness (QED) is 0.940. The summed E-state index contributed by atoms with van der Waals surface area (Å²) in [6, 6.07) is 5.65. The van der Waals surface area contributed by atoms with Crippen LogP contribution in [0.15, 0.2) is 36.7 Å². The predicted octanol–water partition coefficient (Wildman–Crippen LogP) is 2.36. The lowest BCUT2D eigenvalue weighted by atomic mass is 10.1. The second kappa shape index (κ2) is 6.18. The van der Waals surface area contributed by atoms with E-state index >= 15 is 0 Å². The fourth-order valence-corrected chi connectivity index (χ4v) is 2.62. The maximum atomic E-state index is 13.2. The van der Waals surface area contributed by atoms with E-state index in [1.54, 1.807) is 6.20 Å². The fraction of sp³-hybridized carbons (Fsp3) is 0.312. The molecule has 1 fully saturated rings. The Morgan fingerprint density at radius 1 is 0.952 bits per heavy atom. The van der Waals surface area contributed by atoms with Crippen LogP contribution in [0, 0.1) is 11.6 Å². The van der Waals surface area contributed by atoms with Crippen LogP contribution in [0.3, 0.4) is 0 Å². The highest BCUT2D eigenvalue weighted by Crippen LogP contribution is 2.18. The molecular formula is C16H17F2N3. The highest BCUT2D eigenvalue weighted by Gasteiger charge is 2.11. The number of halogens is 2. The van der Waals surface area contributed by atoms with Gasteiger partial charge in [0.2, 0.25) is 0 Å². The molecule has 1 aromatic carbocycles. The van der Waals surface area contributed by atoms with E-state index in [1.807, 2.05) is 12.3 Å². The third kappa shape index (κ3) is 3.55. The molecule has 0 radical (unpaired) electrons. The summed E-state index contributed by atoms with van der Waals surface area (Å²) in [5, 5.41) is 3.31. The third-order valence-electron chi connectivity index (χ3n) is 3.59. The Balaban J connectivity index is 1.79. The summed E-state index contributed by atoms with van der Waals surface area (Å²) in [6.45, 7) is 3.80. The Labute approximate surface area is 122 Å². The van der Waals surface area contributed by atoms with E-state index < -0.39 is 11.6 Å². The van der Waals surface area contributed by atoms with Gasteiger partial charge in [0.05, 0.1) is 11.9 Å². The maximum absolute atomic E-state index is 13.2. The maximum Gasteiger partial charge on any atom is 0.126 e. The monoisotopic (exact) mass is 289 g/mol. The van der Waals surface area contributed by atoms with Crippen LogP contribution in [0.2, 0.25) is 0 Å². The molecule has 21 heavy (non-hydrogen) atoms. The van der Waals surface area contributed by atoms with Crippen LogP contribution < -0.4 is 10.2 Å². The van der Waals surface area contributed by atoms with Crippen LogP contribution in [-0.4, -0.2) is 31.2 Å². The summed E-state index contributed by atoms with van der Waals surface area (Å²) >= 11 is 0. The van der Waals surface area contributed by atoms with Gasteiger partial charge < -0.3 is 10.2 Å². The van der Waals surface area contributed by atoms with E-state index in [1.165, 1.54) is 12.1 Å². The van der Waals surface area contributed by atoms with Crippen LogP contribution in [0.1, 0.15) is 11.1 Å². The molecule has 3 rings (SSSR count). The second-order valence-corrected chi connectivity index (χ2v) is 5.24. The van der Waals surface area contributed by atoms with Gasteiger partial charge in [0.25, 0.3) is 0 Å². The molecule has 3 nitrogen and oxygen atoms in total. The Hall–Kier alpha value is -2.01. The van der Waals surface area contributed by atoms with Crippen LogP contribution in [0.25, 0.3) is 0 Å². The van der Waals surface area contributed by atoms with Gasteiger partial charge in [0, 0.05) is 38.4 Å². The minimum Gasteiger partial charge on any atom is -0.368 e. The van der Waals surface area contributed by atoms with Gasteiger partial charge in [0.1, 0.15) is 11.6 Å². The summed E-state index contributed by atoms with van der Waals surface area (Å²) < 4.78 is 26.5. The lowest BCUT2D eigenvalue weighted by Gasteiger charge is -2.29. The van der Waals surface area contributed by atoms with Gasteiger partial charge in [-0.05, 0) is 35.7 Å². The molecule has 0 saturated carbocycles. The number of hydrogen-bond acceptors (Lipinski definition) is 3. The number of hydrogen-bond donors (Lipinski definition) is 1. The molecule has 0 amide bonds. The molecule has 0 bridgehead atoms. The molecule has 1 N–H and O–H groups in total. The lowest BCUT2D eigenvalue weighted by molar-refractivity contribution is 0.580. The first-order chi connectivity index (χ1) is 10.2. The molecule has 2 aromatic rings. The second-order valence-electron chi connectivity index (χ2n) is 5.24. The average Bonchev–Trinajstić information content (AvgIpc) is 2.47. The van der Waals surface area contributed by atoms with Crippen molar-refractivity contribution in [3.63, 3.8) is 0 Å². The molecule has 0 aliphatic carbocycles. The fourth-order valence-electron chi connectivity index (χ4n) is 2.62. The van der Waals surface area contributed by atoms with Gasteiger partial charge in [-0.25, -0.2) is 8.78 Å². The van der Waals surface area contributed by atoms with Crippen LogP contribution >= 0.6 is 0 Å². The van der Waals surface area contributed by atoms with Crippen molar-refractivity contribution in [3.05, 3.63) is 59.4 Å². The zero-order valence-electron chi connectivity index (χ0n) is 11.6. The lowest BCUT2D eigenvalue weighted by Crippen LogP contribution is -2.43. The number of pyridine rings is 1. The van der Waals surface area contributed by atoms with E-state index in [9.17, 15) is 8.78 Å². The van der Waals surface area contributed by atoms with Gasteiger partial charge in [-0.2, -0.15) is 0 Å². The molecule has 0 unspecified atom stereocenters. The minimum absolute atomic E-state index is 0.474. The number of nitrogens with one attached hydrogen (secondary N) is 1. The smallest absolute Gasteiger partial charge is 0.126 e. The van der Waals surface area contributed by atoms with E-state index in [4.69, 9.17) is 0 Å². The first kappa shape index (κ1) is 13.9. The Morgan fingerprint density at radius 2 is 1.67 bits per heavy atom. The Morgan fingerprint density at radius 3 is 2.38 bits per heavy atom. The van der Waals surface area contributed by atoms with Gasteiger partial charge in [-0.1, -0.05) is 0 Å². The standard InChI is InChI=1S/C16H17F2N3/c17-14-6-12(7-15(18)9-14)5-13-8-16(11-20-10-13)21-3-1-19-2-4-21/h6-11,19H,1-5H2. The van der Waals surface area contributed by atoms with Crippen LogP contribution in [0.4, 0.5) is 14.5 Å². The largest absolute Gasteiger partial charge is 0.368 e. The first-order valence-electron chi connectivity index (χ1n) is 7.05. The Bertz CT molecular complexity index is 604. The molecule has 1 aliphatic rings. The third-order valence-corrected chi connectivity index (χ3v) is 3.59. The number of benzene rings is 1. The van der Waals surface area contributed by atoms with Crippen molar-refractivity contribution in [2.75, 3.05) is 31.1 Å². The number of rotatable bonds is 3. The molecule has 1 saturated heterocycles. The number of nitrogens with zero attached hydrogens (tertiary/aromatic N) is 2. The van der Waals surface area contributed by atoms with E-state index in [0.717, 1.165) is 43.5 Å². The average molecular weight is 289 g/mol. The van der Waals surface area contributed by atoms with Gasteiger partial charge in [-0.3, -0.25) is 4.98 Å². The van der Waals surface area contributed by atoms with Crippen molar-refractivity contribution in [3.8, 4) is 0 Å². The van der Waals surface area contributed by atoms with Crippen LogP contribution in [0.5, 0.6) is 0 Å². The van der Waals surface area contributed by atoms with Crippen molar-refractivity contribution in [1.29, 1.82) is 0 Å². The summed E-state index contributed by atoms with van der Waals surface area (Å²) in [5.41, 5.74) is 2.63. The normalized spacial score (nSPS) is 15.2. The molecule has 0 atom stereocenters. The van der Waals surface area contributed by atoms with Gasteiger partial charge in [-0.15, -0.1) is 0 Å². The molecule has 5 heteroatoms. The van der Waals surface area contributed by atoms with E-state index in [0.29, 0.717) is 12.0 Å². The molecule has 1 aliphatic heterocycles. The minimum atomic E-state index is -0.545. The highest BCUT2D eigenvalue weighted by molar-refractivity contribution is 5.47. The highest BCUT2D eigenvalue weighted by atomic mass is 19.1. The van der Waals surface area contributed by atoms with Gasteiger partial charge >= 0.3 is 0 Å². The van der Waals surface area contributed by atoms with Crippen molar-refractivity contribution >= 4 is 5.69 Å². The van der Waals surface area contributed by atoms with Crippen molar-refractivity contribution < 1.29 is 8.78 Å². The summed E-state index contributed by atoms with van der Waals surface area (Å²) in [6.07, 6.45) is 4.05. The number of aromatic nitrogens is 1. The zero-order chi connectivity index (χ0) is 14.7. The van der Waals surface area contributed by atoms with Crippen molar-refractivity contribution in [1.82, 2.24) is 10.3 Å². The van der Waals surface area contributed by atoms with E-state index in [-0.39, 0.29) is 0 Å². The summed E-state index contributed by atoms with van der Waals surface area (Å²) in [4.78, 5) is 6.51. The topological polar surface area (TPSA) is 28.2 Å². The zero-order valence-corrected chi connectivity index (χ0v) is 11.6.